The maximum atomic E-state index is 13.0. The molecule has 9 nitrogen and oxygen atoms in total. The molecule has 1 aromatic carbocycles. The molecule has 0 aliphatic carbocycles. The van der Waals surface area contributed by atoms with Gasteiger partial charge in [0.2, 0.25) is 11.8 Å². The van der Waals surface area contributed by atoms with Crippen LogP contribution < -0.4 is 15.8 Å². The number of hydrogen-bond donors (Lipinski definition) is 2. The summed E-state index contributed by atoms with van der Waals surface area (Å²) in [6.07, 6.45) is 3.68. The first-order valence-corrected chi connectivity index (χ1v) is 11.8. The first-order valence-electron chi connectivity index (χ1n) is 11.8. The smallest absolute Gasteiger partial charge is 0.249 e. The van der Waals surface area contributed by atoms with Crippen molar-refractivity contribution in [2.24, 2.45) is 5.73 Å². The monoisotopic (exact) mass is 462 g/mol. The summed E-state index contributed by atoms with van der Waals surface area (Å²) in [4.78, 5) is 29.7. The Bertz CT molecular complexity index is 754. The molecule has 0 radical (unpaired) electrons. The van der Waals surface area contributed by atoms with E-state index in [1.165, 1.54) is 12.7 Å². The molecule has 0 saturated carbocycles. The number of carbonyl (C=O) groups excluding carboxylic acids is 2. The number of nitrogens with zero attached hydrogens (tertiary/aromatic N) is 2. The lowest BCUT2D eigenvalue weighted by Crippen LogP contribution is -2.58. The third-order valence-corrected chi connectivity index (χ3v) is 6.43. The van der Waals surface area contributed by atoms with Gasteiger partial charge in [0.1, 0.15) is 18.4 Å². The van der Waals surface area contributed by atoms with Crippen LogP contribution in [0, 0.1) is 0 Å². The van der Waals surface area contributed by atoms with Crippen LogP contribution >= 0.6 is 0 Å². The van der Waals surface area contributed by atoms with E-state index in [1.807, 2.05) is 12.1 Å². The van der Waals surface area contributed by atoms with Crippen molar-refractivity contribution in [3.05, 3.63) is 29.8 Å². The Labute approximate surface area is 196 Å². The van der Waals surface area contributed by atoms with Gasteiger partial charge in [0.05, 0.1) is 13.2 Å². The number of likely N-dealkylation sites (tertiary alicyclic amines) is 1. The van der Waals surface area contributed by atoms with E-state index in [9.17, 15) is 9.59 Å². The Balaban J connectivity index is 1.77. The molecule has 2 saturated heterocycles. The minimum absolute atomic E-state index is 0.0309. The summed E-state index contributed by atoms with van der Waals surface area (Å²) >= 11 is 0. The predicted molar refractivity (Wildman–Crippen MR) is 125 cm³/mol. The van der Waals surface area contributed by atoms with Crippen LogP contribution in [-0.4, -0.2) is 93.4 Å². The number of rotatable bonds is 11. The summed E-state index contributed by atoms with van der Waals surface area (Å²) in [7, 11) is 3.15. The highest BCUT2D eigenvalue weighted by Crippen LogP contribution is 2.27. The van der Waals surface area contributed by atoms with Gasteiger partial charge in [-0.3, -0.25) is 14.5 Å². The summed E-state index contributed by atoms with van der Waals surface area (Å²) in [6.45, 7) is 3.58. The van der Waals surface area contributed by atoms with Gasteiger partial charge in [0.15, 0.2) is 0 Å². The first-order chi connectivity index (χ1) is 16.0. The van der Waals surface area contributed by atoms with Crippen molar-refractivity contribution in [2.45, 2.75) is 50.4 Å². The van der Waals surface area contributed by atoms with Gasteiger partial charge in [-0.2, -0.15) is 0 Å². The standard InChI is InChI=1S/C24H38N4O5/c1-31-17-23(29)28-12-9-19(14-22(28)24(30)26-11-10-25)27(16-21-4-3-13-33-21)15-18-5-7-20(32-2)8-6-18/h5-8,19,21-22H,3-4,9-17,25H2,1-2H3,(H,26,30)/t19?,21?,22-/m1/s1. The zero-order chi connectivity index (χ0) is 23.6. The van der Waals surface area contributed by atoms with E-state index in [-0.39, 0.29) is 30.6 Å². The second kappa shape index (κ2) is 12.9. The fraction of sp³-hybridized carbons (Fsp3) is 0.667. The number of hydrogen-bond acceptors (Lipinski definition) is 7. The zero-order valence-electron chi connectivity index (χ0n) is 19.8. The van der Waals surface area contributed by atoms with E-state index in [0.29, 0.717) is 26.1 Å². The number of piperidine rings is 1. The quantitative estimate of drug-likeness (QED) is 0.500. The zero-order valence-corrected chi connectivity index (χ0v) is 19.8. The Morgan fingerprint density at radius 3 is 2.67 bits per heavy atom. The third-order valence-electron chi connectivity index (χ3n) is 6.43. The minimum Gasteiger partial charge on any atom is -0.497 e. The van der Waals surface area contributed by atoms with E-state index in [0.717, 1.165) is 44.7 Å². The molecule has 2 amide bonds. The SMILES string of the molecule is COCC(=O)N1CCC(N(Cc2ccc(OC)cc2)CC2CCCO2)C[C@@H]1C(=O)NCCN. The molecule has 3 N–H and O–H groups in total. The van der Waals surface area contributed by atoms with Gasteiger partial charge >= 0.3 is 0 Å². The normalized spacial score (nSPS) is 23.0. The van der Waals surface area contributed by atoms with Crippen LogP contribution in [-0.2, 0) is 25.6 Å². The molecule has 184 valence electrons. The molecule has 2 aliphatic heterocycles. The van der Waals surface area contributed by atoms with Crippen LogP contribution in [0.1, 0.15) is 31.2 Å². The molecular weight excluding hydrogens is 424 g/mol. The highest BCUT2D eigenvalue weighted by molar-refractivity contribution is 5.88. The summed E-state index contributed by atoms with van der Waals surface area (Å²) in [5.74, 6) is 0.506. The van der Waals surface area contributed by atoms with Crippen LogP contribution in [0.5, 0.6) is 5.75 Å². The number of ether oxygens (including phenoxy) is 3. The van der Waals surface area contributed by atoms with Gasteiger partial charge in [-0.1, -0.05) is 12.1 Å². The van der Waals surface area contributed by atoms with Gasteiger partial charge in [-0.25, -0.2) is 0 Å². The van der Waals surface area contributed by atoms with Crippen LogP contribution in [0.2, 0.25) is 0 Å². The van der Waals surface area contributed by atoms with Gasteiger partial charge in [0.25, 0.3) is 0 Å². The van der Waals surface area contributed by atoms with E-state index < -0.39 is 6.04 Å². The topological polar surface area (TPSA) is 106 Å². The van der Waals surface area contributed by atoms with Gasteiger partial charge in [0, 0.05) is 52.5 Å². The Morgan fingerprint density at radius 2 is 2.03 bits per heavy atom. The third kappa shape index (κ3) is 7.14. The number of amides is 2. The van der Waals surface area contributed by atoms with Crippen molar-refractivity contribution < 1.29 is 23.8 Å². The Hall–Kier alpha value is -2.20. The van der Waals surface area contributed by atoms with Gasteiger partial charge in [-0.15, -0.1) is 0 Å². The largest absolute Gasteiger partial charge is 0.497 e. The molecule has 33 heavy (non-hydrogen) atoms. The highest BCUT2D eigenvalue weighted by atomic mass is 16.5. The summed E-state index contributed by atoms with van der Waals surface area (Å²) in [6, 6.07) is 7.69. The lowest BCUT2D eigenvalue weighted by atomic mass is 9.93. The minimum atomic E-state index is -0.541. The molecule has 9 heteroatoms. The fourth-order valence-electron chi connectivity index (χ4n) is 4.70. The lowest BCUT2D eigenvalue weighted by molar-refractivity contribution is -0.146. The van der Waals surface area contributed by atoms with Crippen LogP contribution in [0.3, 0.4) is 0 Å². The number of benzene rings is 1. The molecule has 1 aromatic rings. The van der Waals surface area contributed by atoms with Crippen molar-refractivity contribution in [3.8, 4) is 5.75 Å². The number of nitrogens with two attached hydrogens (primary N) is 1. The molecule has 3 rings (SSSR count). The average molecular weight is 463 g/mol. The average Bonchev–Trinajstić information content (AvgIpc) is 3.35. The molecule has 0 spiro atoms. The molecular formula is C24H38N4O5. The number of carbonyl (C=O) groups is 2. The summed E-state index contributed by atoms with van der Waals surface area (Å²) in [5, 5.41) is 2.87. The fourth-order valence-corrected chi connectivity index (χ4v) is 4.70. The van der Waals surface area contributed by atoms with Crippen molar-refractivity contribution in [1.82, 2.24) is 15.1 Å². The molecule has 2 fully saturated rings. The van der Waals surface area contributed by atoms with Gasteiger partial charge in [-0.05, 0) is 43.4 Å². The molecule has 0 aromatic heterocycles. The van der Waals surface area contributed by atoms with E-state index in [4.69, 9.17) is 19.9 Å². The summed E-state index contributed by atoms with van der Waals surface area (Å²) < 4.78 is 16.3. The molecule has 2 heterocycles. The lowest BCUT2D eigenvalue weighted by Gasteiger charge is -2.43. The number of nitrogens with one attached hydrogen (secondary N) is 1. The highest BCUT2D eigenvalue weighted by Gasteiger charge is 2.38. The van der Waals surface area contributed by atoms with Gasteiger partial charge < -0.3 is 30.2 Å². The van der Waals surface area contributed by atoms with Crippen molar-refractivity contribution >= 4 is 11.8 Å². The maximum absolute atomic E-state index is 13.0. The number of methoxy groups -OCH3 is 2. The first kappa shape index (κ1) is 25.4. The van der Waals surface area contributed by atoms with E-state index >= 15 is 0 Å². The molecule has 2 unspecified atom stereocenters. The second-order valence-electron chi connectivity index (χ2n) is 8.71. The van der Waals surface area contributed by atoms with E-state index in [2.05, 4.69) is 22.3 Å². The predicted octanol–water partition coefficient (Wildman–Crippen LogP) is 0.757. The van der Waals surface area contributed by atoms with Crippen LogP contribution in [0.25, 0.3) is 0 Å². The Morgan fingerprint density at radius 1 is 1.24 bits per heavy atom. The second-order valence-corrected chi connectivity index (χ2v) is 8.71. The maximum Gasteiger partial charge on any atom is 0.249 e. The van der Waals surface area contributed by atoms with Crippen LogP contribution in [0.15, 0.2) is 24.3 Å². The molecule has 3 atom stereocenters. The molecule has 2 aliphatic rings. The van der Waals surface area contributed by atoms with Crippen molar-refractivity contribution in [3.63, 3.8) is 0 Å². The molecule has 0 bridgehead atoms. The van der Waals surface area contributed by atoms with E-state index in [1.54, 1.807) is 12.0 Å². The Kier molecular flexibility index (Phi) is 9.93. The van der Waals surface area contributed by atoms with Crippen molar-refractivity contribution in [2.75, 3.05) is 53.6 Å². The summed E-state index contributed by atoms with van der Waals surface area (Å²) in [5.41, 5.74) is 6.75. The van der Waals surface area contributed by atoms with Crippen molar-refractivity contribution in [1.29, 1.82) is 0 Å². The van der Waals surface area contributed by atoms with Crippen LogP contribution in [0.4, 0.5) is 0 Å².